The Morgan fingerprint density at radius 3 is 3.05 bits per heavy atom. The lowest BCUT2D eigenvalue weighted by molar-refractivity contribution is -0.133. The number of hydrogen-bond donors (Lipinski definition) is 1. The molecule has 0 bridgehead atoms. The van der Waals surface area contributed by atoms with Crippen molar-refractivity contribution in [3.63, 3.8) is 0 Å². The summed E-state index contributed by atoms with van der Waals surface area (Å²) in [6.45, 7) is 0. The predicted octanol–water partition coefficient (Wildman–Crippen LogP) is 3.04. The van der Waals surface area contributed by atoms with Crippen LogP contribution in [0.2, 0.25) is 0 Å². The van der Waals surface area contributed by atoms with E-state index in [9.17, 15) is 4.79 Å². The number of thiophene rings is 1. The van der Waals surface area contributed by atoms with Gasteiger partial charge in [-0.05, 0) is 23.6 Å². The lowest BCUT2D eigenvalue weighted by atomic mass is 10.3. The van der Waals surface area contributed by atoms with Gasteiger partial charge in [-0.2, -0.15) is 4.98 Å². The Kier molecular flexibility index (Phi) is 3.98. The fourth-order valence-corrected chi connectivity index (χ4v) is 2.99. The first kappa shape index (κ1) is 13.8. The average Bonchev–Trinajstić information content (AvgIpc) is 3.16. The minimum Gasteiger partial charge on any atom is -0.481 e. The normalized spacial score (nSPS) is 10.7. The molecule has 0 fully saturated rings. The third-order valence-corrected chi connectivity index (χ3v) is 4.36. The zero-order valence-electron chi connectivity index (χ0n) is 10.6. The molecule has 0 atom stereocenters. The van der Waals surface area contributed by atoms with Gasteiger partial charge in [0.15, 0.2) is 0 Å². The quantitative estimate of drug-likeness (QED) is 0.723. The van der Waals surface area contributed by atoms with E-state index in [1.807, 2.05) is 17.5 Å². The molecule has 6 nitrogen and oxygen atoms in total. The van der Waals surface area contributed by atoms with Crippen LogP contribution in [0.4, 0.5) is 0 Å². The molecule has 0 unspecified atom stereocenters. The van der Waals surface area contributed by atoms with E-state index in [-0.39, 0.29) is 5.75 Å². The number of carboxylic acid groups (broad SMARTS) is 1. The summed E-state index contributed by atoms with van der Waals surface area (Å²) in [5, 5.41) is 15.2. The third kappa shape index (κ3) is 3.11. The fourth-order valence-electron chi connectivity index (χ4n) is 1.64. The van der Waals surface area contributed by atoms with Crippen molar-refractivity contribution >= 4 is 29.1 Å². The van der Waals surface area contributed by atoms with Gasteiger partial charge in [-0.25, -0.2) is 4.98 Å². The molecule has 0 saturated carbocycles. The van der Waals surface area contributed by atoms with Crippen LogP contribution >= 0.6 is 23.1 Å². The summed E-state index contributed by atoms with van der Waals surface area (Å²) in [5.41, 5.74) is 0.638. The maximum Gasteiger partial charge on any atom is 0.313 e. The van der Waals surface area contributed by atoms with Crippen LogP contribution in [0.3, 0.4) is 0 Å². The molecule has 3 heterocycles. The molecule has 106 valence electrons. The minimum absolute atomic E-state index is 0.0735. The third-order valence-electron chi connectivity index (χ3n) is 2.50. The van der Waals surface area contributed by atoms with Crippen molar-refractivity contribution in [2.75, 3.05) is 5.75 Å². The number of hydrogen-bond acceptors (Lipinski definition) is 7. The molecule has 0 aliphatic carbocycles. The molecule has 3 rings (SSSR count). The predicted molar refractivity (Wildman–Crippen MR) is 79.2 cm³/mol. The Labute approximate surface area is 127 Å². The van der Waals surface area contributed by atoms with Gasteiger partial charge in [-0.1, -0.05) is 23.0 Å². The van der Waals surface area contributed by atoms with E-state index >= 15 is 0 Å². The number of aromatic nitrogens is 3. The van der Waals surface area contributed by atoms with Crippen LogP contribution < -0.4 is 0 Å². The molecule has 21 heavy (non-hydrogen) atoms. The molecule has 0 aliphatic rings. The SMILES string of the molecule is O=C(O)CSc1ncccc1-c1nc(-c2cccs2)no1. The van der Waals surface area contributed by atoms with Gasteiger partial charge in [0.2, 0.25) is 5.82 Å². The molecule has 1 N–H and O–H groups in total. The molecular weight excluding hydrogens is 310 g/mol. The second kappa shape index (κ2) is 6.06. The summed E-state index contributed by atoms with van der Waals surface area (Å²) < 4.78 is 5.27. The van der Waals surface area contributed by atoms with Crippen molar-refractivity contribution in [1.82, 2.24) is 15.1 Å². The van der Waals surface area contributed by atoms with E-state index < -0.39 is 5.97 Å². The Hall–Kier alpha value is -2.19. The van der Waals surface area contributed by atoms with Gasteiger partial charge in [0.25, 0.3) is 5.89 Å². The van der Waals surface area contributed by atoms with Gasteiger partial charge in [0.05, 0.1) is 16.2 Å². The van der Waals surface area contributed by atoms with Crippen LogP contribution in [-0.4, -0.2) is 32.0 Å². The van der Waals surface area contributed by atoms with Crippen molar-refractivity contribution in [1.29, 1.82) is 0 Å². The van der Waals surface area contributed by atoms with Gasteiger partial charge in [0, 0.05) is 6.20 Å². The van der Waals surface area contributed by atoms with Gasteiger partial charge in [0.1, 0.15) is 5.03 Å². The molecule has 0 amide bonds. The Morgan fingerprint density at radius 1 is 1.38 bits per heavy atom. The van der Waals surface area contributed by atoms with Crippen molar-refractivity contribution < 1.29 is 14.4 Å². The zero-order valence-corrected chi connectivity index (χ0v) is 12.2. The molecule has 0 radical (unpaired) electrons. The fraction of sp³-hybridized carbons (Fsp3) is 0.0769. The number of aliphatic carboxylic acids is 1. The van der Waals surface area contributed by atoms with Crippen LogP contribution in [0, 0.1) is 0 Å². The highest BCUT2D eigenvalue weighted by Gasteiger charge is 2.16. The number of pyridine rings is 1. The van der Waals surface area contributed by atoms with E-state index in [0.717, 1.165) is 16.6 Å². The van der Waals surface area contributed by atoms with Crippen molar-refractivity contribution in [3.05, 3.63) is 35.8 Å². The van der Waals surface area contributed by atoms with E-state index in [4.69, 9.17) is 9.63 Å². The molecular formula is C13H9N3O3S2. The molecule has 0 aliphatic heterocycles. The van der Waals surface area contributed by atoms with E-state index in [0.29, 0.717) is 22.3 Å². The number of carbonyl (C=O) groups is 1. The highest BCUT2D eigenvalue weighted by molar-refractivity contribution is 8.00. The highest BCUT2D eigenvalue weighted by atomic mass is 32.2. The van der Waals surface area contributed by atoms with Gasteiger partial charge < -0.3 is 9.63 Å². The minimum atomic E-state index is -0.901. The number of nitrogens with zero attached hydrogens (tertiary/aromatic N) is 3. The maximum absolute atomic E-state index is 10.7. The Morgan fingerprint density at radius 2 is 2.29 bits per heavy atom. The second-order valence-electron chi connectivity index (χ2n) is 3.94. The van der Waals surface area contributed by atoms with Crippen molar-refractivity contribution in [2.24, 2.45) is 0 Å². The first-order chi connectivity index (χ1) is 10.2. The largest absolute Gasteiger partial charge is 0.481 e. The summed E-state index contributed by atoms with van der Waals surface area (Å²) in [5.74, 6) is -0.130. The summed E-state index contributed by atoms with van der Waals surface area (Å²) in [6.07, 6.45) is 1.60. The maximum atomic E-state index is 10.7. The highest BCUT2D eigenvalue weighted by Crippen LogP contribution is 2.30. The Bertz CT molecular complexity index is 756. The van der Waals surface area contributed by atoms with Crippen LogP contribution in [0.15, 0.2) is 45.4 Å². The molecule has 0 spiro atoms. The average molecular weight is 319 g/mol. The standard InChI is InChI=1S/C13H9N3O3S2/c17-10(18)7-21-13-8(3-1-5-14-13)12-15-11(16-19-12)9-4-2-6-20-9/h1-6H,7H2,(H,17,18). The summed E-state index contributed by atoms with van der Waals surface area (Å²) in [7, 11) is 0. The molecule has 0 aromatic carbocycles. The van der Waals surface area contributed by atoms with Crippen molar-refractivity contribution in [2.45, 2.75) is 5.03 Å². The van der Waals surface area contributed by atoms with E-state index in [2.05, 4.69) is 15.1 Å². The van der Waals surface area contributed by atoms with Crippen LogP contribution in [0.25, 0.3) is 22.2 Å². The molecule has 3 aromatic rings. The van der Waals surface area contributed by atoms with Crippen LogP contribution in [0.1, 0.15) is 0 Å². The summed E-state index contributed by atoms with van der Waals surface area (Å²) >= 11 is 2.64. The monoisotopic (exact) mass is 319 g/mol. The number of rotatable bonds is 5. The Balaban J connectivity index is 1.92. The van der Waals surface area contributed by atoms with E-state index in [1.165, 1.54) is 11.3 Å². The molecule has 8 heteroatoms. The van der Waals surface area contributed by atoms with Gasteiger partial charge in [-0.15, -0.1) is 11.3 Å². The summed E-state index contributed by atoms with van der Waals surface area (Å²) in [6, 6.07) is 7.34. The van der Waals surface area contributed by atoms with Crippen LogP contribution in [0.5, 0.6) is 0 Å². The number of carboxylic acids is 1. The molecule has 3 aromatic heterocycles. The molecule has 0 saturated heterocycles. The first-order valence-electron chi connectivity index (χ1n) is 5.91. The second-order valence-corrected chi connectivity index (χ2v) is 5.85. The lowest BCUT2D eigenvalue weighted by Crippen LogP contribution is -1.99. The first-order valence-corrected chi connectivity index (χ1v) is 7.78. The van der Waals surface area contributed by atoms with E-state index in [1.54, 1.807) is 18.3 Å². The van der Waals surface area contributed by atoms with Crippen LogP contribution in [-0.2, 0) is 4.79 Å². The van der Waals surface area contributed by atoms with Gasteiger partial charge in [-0.3, -0.25) is 4.79 Å². The zero-order chi connectivity index (χ0) is 14.7. The van der Waals surface area contributed by atoms with Crippen molar-refractivity contribution in [3.8, 4) is 22.2 Å². The number of thioether (sulfide) groups is 1. The van der Waals surface area contributed by atoms with Gasteiger partial charge >= 0.3 is 5.97 Å². The summed E-state index contributed by atoms with van der Waals surface area (Å²) in [4.78, 5) is 20.1. The lowest BCUT2D eigenvalue weighted by Gasteiger charge is -2.01. The topological polar surface area (TPSA) is 89.1 Å². The smallest absolute Gasteiger partial charge is 0.313 e.